The Bertz CT molecular complexity index is 509. The van der Waals surface area contributed by atoms with Gasteiger partial charge in [-0.3, -0.25) is 9.69 Å². The molecule has 18 heavy (non-hydrogen) atoms. The number of nitrogens with zero attached hydrogens (tertiary/aromatic N) is 2. The van der Waals surface area contributed by atoms with Crippen LogP contribution in [0.1, 0.15) is 16.8 Å². The fourth-order valence-corrected chi connectivity index (χ4v) is 2.32. The molecule has 0 saturated carbocycles. The highest BCUT2D eigenvalue weighted by Gasteiger charge is 2.31. The number of carbonyl (C=O) groups is 2. The highest BCUT2D eigenvalue weighted by molar-refractivity contribution is 7.80. The topological polar surface area (TPSA) is 70.5 Å². The lowest BCUT2D eigenvalue weighted by molar-refractivity contribution is -0.117. The van der Waals surface area contributed by atoms with Gasteiger partial charge in [-0.1, -0.05) is 11.6 Å². The molecule has 1 N–H and O–H groups in total. The number of carboxylic acids is 1. The van der Waals surface area contributed by atoms with Gasteiger partial charge in [0.25, 0.3) is 0 Å². The summed E-state index contributed by atoms with van der Waals surface area (Å²) < 4.78 is 0. The average Bonchev–Trinajstić information content (AvgIpc) is 2.69. The highest BCUT2D eigenvalue weighted by Crippen LogP contribution is 2.26. The number of hydrogen-bond acceptors (Lipinski definition) is 4. The molecule has 1 aliphatic heterocycles. The van der Waals surface area contributed by atoms with Gasteiger partial charge in [-0.05, 0) is 23.8 Å². The summed E-state index contributed by atoms with van der Waals surface area (Å²) in [5, 5.41) is 9.00. The van der Waals surface area contributed by atoms with Crippen LogP contribution in [0.15, 0.2) is 12.1 Å². The number of thiol groups is 1. The normalized spacial score (nSPS) is 19.3. The van der Waals surface area contributed by atoms with Crippen LogP contribution in [0.3, 0.4) is 0 Å². The fraction of sp³-hybridized carbons (Fsp3) is 0.364. The van der Waals surface area contributed by atoms with Crippen molar-refractivity contribution in [2.75, 3.05) is 17.2 Å². The molecular formula is C11H11ClN2O3S. The molecule has 0 aliphatic carbocycles. The summed E-state index contributed by atoms with van der Waals surface area (Å²) in [4.78, 5) is 28.2. The quantitative estimate of drug-likeness (QED) is 0.656. The summed E-state index contributed by atoms with van der Waals surface area (Å²) in [7, 11) is 0. The first kappa shape index (κ1) is 13.2. The summed E-state index contributed by atoms with van der Waals surface area (Å²) in [6.45, 7) is 0.495. The molecule has 7 heteroatoms. The van der Waals surface area contributed by atoms with Gasteiger partial charge in [0.1, 0.15) is 11.0 Å². The molecule has 0 aromatic carbocycles. The van der Waals surface area contributed by atoms with Crippen molar-refractivity contribution in [3.8, 4) is 0 Å². The number of aromatic nitrogens is 1. The maximum Gasteiger partial charge on any atom is 0.335 e. The number of rotatable bonds is 3. The first-order chi connectivity index (χ1) is 8.51. The van der Waals surface area contributed by atoms with Gasteiger partial charge in [-0.25, -0.2) is 9.78 Å². The van der Waals surface area contributed by atoms with E-state index in [0.717, 1.165) is 0 Å². The minimum absolute atomic E-state index is 0.0205. The second-order valence-corrected chi connectivity index (χ2v) is 4.85. The van der Waals surface area contributed by atoms with Crippen LogP contribution in [0.2, 0.25) is 5.15 Å². The summed E-state index contributed by atoms with van der Waals surface area (Å²) in [5.74, 6) is -0.128. The van der Waals surface area contributed by atoms with E-state index in [1.165, 1.54) is 17.0 Å². The van der Waals surface area contributed by atoms with Gasteiger partial charge in [-0.15, -0.1) is 0 Å². The van der Waals surface area contributed by atoms with E-state index < -0.39 is 5.97 Å². The predicted molar refractivity (Wildman–Crippen MR) is 70.5 cm³/mol. The third kappa shape index (κ3) is 2.59. The van der Waals surface area contributed by atoms with Crippen LogP contribution < -0.4 is 4.90 Å². The molecule has 1 aliphatic rings. The number of hydrogen-bond donors (Lipinski definition) is 2. The molecule has 1 amide bonds. The number of anilines is 1. The van der Waals surface area contributed by atoms with Crippen LogP contribution in [-0.2, 0) is 4.79 Å². The lowest BCUT2D eigenvalue weighted by Gasteiger charge is -2.16. The van der Waals surface area contributed by atoms with E-state index in [4.69, 9.17) is 16.7 Å². The summed E-state index contributed by atoms with van der Waals surface area (Å²) in [6, 6.07) is 2.61. The van der Waals surface area contributed by atoms with Gasteiger partial charge in [0.15, 0.2) is 0 Å². The van der Waals surface area contributed by atoms with Crippen LogP contribution in [0.5, 0.6) is 0 Å². The number of carboxylic acid groups (broad SMARTS) is 1. The monoisotopic (exact) mass is 286 g/mol. The Morgan fingerprint density at radius 3 is 2.89 bits per heavy atom. The third-order valence-electron chi connectivity index (χ3n) is 2.77. The zero-order valence-electron chi connectivity index (χ0n) is 9.34. The van der Waals surface area contributed by atoms with Crippen molar-refractivity contribution < 1.29 is 14.7 Å². The van der Waals surface area contributed by atoms with Crippen molar-refractivity contribution in [3.63, 3.8) is 0 Å². The molecule has 2 rings (SSSR count). The minimum atomic E-state index is -1.10. The predicted octanol–water partition coefficient (Wildman–Crippen LogP) is 1.72. The number of pyridine rings is 1. The van der Waals surface area contributed by atoms with E-state index in [9.17, 15) is 9.59 Å². The standard InChI is InChI=1S/C11H11ClN2O3S/c12-8-2-7(11(16)17)3-9(13-8)14-4-6(5-18)1-10(14)15/h2-3,6,18H,1,4-5H2,(H,16,17). The Morgan fingerprint density at radius 2 is 2.33 bits per heavy atom. The summed E-state index contributed by atoms with van der Waals surface area (Å²) in [5.41, 5.74) is 0.0205. The Morgan fingerprint density at radius 1 is 1.61 bits per heavy atom. The van der Waals surface area contributed by atoms with Crippen molar-refractivity contribution in [3.05, 3.63) is 22.8 Å². The zero-order chi connectivity index (χ0) is 13.3. The van der Waals surface area contributed by atoms with Crippen LogP contribution in [0.25, 0.3) is 0 Å². The molecule has 0 bridgehead atoms. The van der Waals surface area contributed by atoms with Gasteiger partial charge in [-0.2, -0.15) is 12.6 Å². The van der Waals surface area contributed by atoms with E-state index >= 15 is 0 Å². The molecule has 1 aromatic rings. The lowest BCUT2D eigenvalue weighted by atomic mass is 10.1. The average molecular weight is 287 g/mol. The van der Waals surface area contributed by atoms with Crippen LogP contribution in [-0.4, -0.2) is 34.3 Å². The van der Waals surface area contributed by atoms with Crippen LogP contribution >= 0.6 is 24.2 Å². The molecule has 0 spiro atoms. The van der Waals surface area contributed by atoms with Crippen LogP contribution in [0, 0.1) is 5.92 Å². The van der Waals surface area contributed by atoms with Crippen molar-refractivity contribution in [1.29, 1.82) is 0 Å². The number of halogens is 1. The molecule has 1 fully saturated rings. The van der Waals surface area contributed by atoms with Gasteiger partial charge in [0, 0.05) is 13.0 Å². The molecule has 96 valence electrons. The Kier molecular flexibility index (Phi) is 3.77. The number of carbonyl (C=O) groups excluding carboxylic acids is 1. The molecule has 5 nitrogen and oxygen atoms in total. The molecule has 0 radical (unpaired) electrons. The number of aromatic carboxylic acids is 1. The largest absolute Gasteiger partial charge is 0.478 e. The zero-order valence-corrected chi connectivity index (χ0v) is 11.0. The van der Waals surface area contributed by atoms with E-state index in [0.29, 0.717) is 18.7 Å². The first-order valence-electron chi connectivity index (χ1n) is 5.33. The van der Waals surface area contributed by atoms with E-state index in [-0.39, 0.29) is 28.4 Å². The number of amides is 1. The van der Waals surface area contributed by atoms with E-state index in [1.54, 1.807) is 0 Å². The molecule has 1 aromatic heterocycles. The second kappa shape index (κ2) is 5.16. The molecule has 1 unspecified atom stereocenters. The highest BCUT2D eigenvalue weighted by atomic mass is 35.5. The maximum atomic E-state index is 11.8. The first-order valence-corrected chi connectivity index (χ1v) is 6.34. The van der Waals surface area contributed by atoms with Crippen molar-refractivity contribution in [1.82, 2.24) is 4.98 Å². The maximum absolute atomic E-state index is 11.8. The Labute approximate surface area is 114 Å². The van der Waals surface area contributed by atoms with Crippen molar-refractivity contribution in [2.24, 2.45) is 5.92 Å². The lowest BCUT2D eigenvalue weighted by Crippen LogP contribution is -2.26. The van der Waals surface area contributed by atoms with Crippen molar-refractivity contribution >= 4 is 41.9 Å². The smallest absolute Gasteiger partial charge is 0.335 e. The Balaban J connectivity index is 2.34. The molecule has 2 heterocycles. The molecule has 1 saturated heterocycles. The Hall–Kier alpha value is -1.27. The summed E-state index contributed by atoms with van der Waals surface area (Å²) in [6.07, 6.45) is 0.403. The van der Waals surface area contributed by atoms with E-state index in [2.05, 4.69) is 17.6 Å². The summed E-state index contributed by atoms with van der Waals surface area (Å²) >= 11 is 9.93. The second-order valence-electron chi connectivity index (χ2n) is 4.10. The van der Waals surface area contributed by atoms with Gasteiger partial charge >= 0.3 is 5.97 Å². The van der Waals surface area contributed by atoms with Gasteiger partial charge in [0.2, 0.25) is 5.91 Å². The molecule has 1 atom stereocenters. The van der Waals surface area contributed by atoms with Crippen LogP contribution in [0.4, 0.5) is 5.82 Å². The minimum Gasteiger partial charge on any atom is -0.478 e. The van der Waals surface area contributed by atoms with E-state index in [1.807, 2.05) is 0 Å². The SMILES string of the molecule is O=C(O)c1cc(Cl)nc(N2CC(CS)CC2=O)c1. The molecular weight excluding hydrogens is 276 g/mol. The van der Waals surface area contributed by atoms with Gasteiger partial charge < -0.3 is 5.11 Å². The van der Waals surface area contributed by atoms with Crippen molar-refractivity contribution in [2.45, 2.75) is 6.42 Å². The van der Waals surface area contributed by atoms with Gasteiger partial charge in [0.05, 0.1) is 5.56 Å². The third-order valence-corrected chi connectivity index (χ3v) is 3.48. The fourth-order valence-electron chi connectivity index (χ4n) is 1.87.